The number of para-hydroxylation sites is 1. The Kier molecular flexibility index (Phi) is 4.30. The molecule has 2 aromatic rings. The predicted molar refractivity (Wildman–Crippen MR) is 72.9 cm³/mol. The Morgan fingerprint density at radius 2 is 2.21 bits per heavy atom. The summed E-state index contributed by atoms with van der Waals surface area (Å²) in [7, 11) is 0. The van der Waals surface area contributed by atoms with E-state index in [1.54, 1.807) is 0 Å². The van der Waals surface area contributed by atoms with Crippen molar-refractivity contribution < 1.29 is 14.4 Å². The number of hydrogen-bond donors (Lipinski definition) is 0. The van der Waals surface area contributed by atoms with E-state index in [2.05, 4.69) is 9.99 Å². The Morgan fingerprint density at radius 1 is 1.42 bits per heavy atom. The highest BCUT2D eigenvalue weighted by atomic mass is 16.7. The maximum Gasteiger partial charge on any atom is 0.331 e. The second-order valence-electron chi connectivity index (χ2n) is 4.01. The molecule has 1 aromatic heterocycles. The van der Waals surface area contributed by atoms with Gasteiger partial charge in [-0.05, 0) is 13.0 Å². The van der Waals surface area contributed by atoms with Crippen LogP contribution in [0.2, 0.25) is 0 Å². The standard InChI is InChI=1S/C14H16N2O3/c1-3-18-10-16-9-12(8-15-19-11(2)17)13-6-4-5-7-14(13)16/h4-9H,3,10H2,1-2H3/b15-8+. The van der Waals surface area contributed by atoms with Gasteiger partial charge in [0.1, 0.15) is 6.73 Å². The van der Waals surface area contributed by atoms with Crippen LogP contribution in [0.1, 0.15) is 19.4 Å². The van der Waals surface area contributed by atoms with E-state index >= 15 is 0 Å². The van der Waals surface area contributed by atoms with Gasteiger partial charge in [0.2, 0.25) is 0 Å². The Bertz CT molecular complexity index is 602. The molecule has 5 heteroatoms. The number of hydrogen-bond acceptors (Lipinski definition) is 4. The van der Waals surface area contributed by atoms with Gasteiger partial charge in [-0.25, -0.2) is 4.79 Å². The smallest absolute Gasteiger partial charge is 0.331 e. The minimum absolute atomic E-state index is 0.436. The molecule has 0 radical (unpaired) electrons. The van der Waals surface area contributed by atoms with Crippen molar-refractivity contribution >= 4 is 23.1 Å². The van der Waals surface area contributed by atoms with Crippen LogP contribution in [-0.4, -0.2) is 23.4 Å². The average molecular weight is 260 g/mol. The summed E-state index contributed by atoms with van der Waals surface area (Å²) in [6, 6.07) is 7.93. The molecule has 0 unspecified atom stereocenters. The summed E-state index contributed by atoms with van der Waals surface area (Å²) in [5, 5.41) is 4.70. The molecule has 0 saturated heterocycles. The van der Waals surface area contributed by atoms with E-state index in [0.29, 0.717) is 13.3 Å². The molecule has 0 bridgehead atoms. The Hall–Kier alpha value is -2.14. The number of fused-ring (bicyclic) bond motifs is 1. The zero-order valence-corrected chi connectivity index (χ0v) is 11.0. The van der Waals surface area contributed by atoms with E-state index in [4.69, 9.17) is 4.74 Å². The first-order valence-corrected chi connectivity index (χ1v) is 6.09. The highest BCUT2D eigenvalue weighted by molar-refractivity contribution is 5.99. The SMILES string of the molecule is CCOCn1cc(/C=N/OC(C)=O)c2ccccc21. The third-order valence-corrected chi connectivity index (χ3v) is 2.63. The Balaban J connectivity index is 2.32. The lowest BCUT2D eigenvalue weighted by molar-refractivity contribution is -0.140. The first kappa shape index (κ1) is 13.3. The van der Waals surface area contributed by atoms with E-state index in [0.717, 1.165) is 16.5 Å². The summed E-state index contributed by atoms with van der Waals surface area (Å²) in [4.78, 5) is 15.3. The molecule has 1 heterocycles. The van der Waals surface area contributed by atoms with E-state index in [1.807, 2.05) is 42.0 Å². The summed E-state index contributed by atoms with van der Waals surface area (Å²) in [6.07, 6.45) is 3.46. The number of carbonyl (C=O) groups excluding carboxylic acids is 1. The Morgan fingerprint density at radius 3 is 2.95 bits per heavy atom. The first-order valence-electron chi connectivity index (χ1n) is 6.09. The molecule has 2 rings (SSSR count). The molecule has 0 spiro atoms. The molecule has 0 aliphatic heterocycles. The lowest BCUT2D eigenvalue weighted by Crippen LogP contribution is -2.00. The van der Waals surface area contributed by atoms with Gasteiger partial charge in [-0.1, -0.05) is 23.4 Å². The zero-order chi connectivity index (χ0) is 13.7. The molecule has 0 aliphatic carbocycles. The number of ether oxygens (including phenoxy) is 1. The third kappa shape index (κ3) is 3.20. The molecule has 0 saturated carbocycles. The lowest BCUT2D eigenvalue weighted by Gasteiger charge is -2.04. The van der Waals surface area contributed by atoms with Crippen LogP contribution < -0.4 is 0 Å². The van der Waals surface area contributed by atoms with Gasteiger partial charge < -0.3 is 14.1 Å². The normalized spacial score (nSPS) is 11.3. The lowest BCUT2D eigenvalue weighted by atomic mass is 10.2. The van der Waals surface area contributed by atoms with Gasteiger partial charge in [0.05, 0.1) is 11.7 Å². The largest absolute Gasteiger partial charge is 0.361 e. The molecular formula is C14H16N2O3. The predicted octanol–water partition coefficient (Wildman–Crippen LogP) is 2.53. The second kappa shape index (κ2) is 6.15. The second-order valence-corrected chi connectivity index (χ2v) is 4.01. The monoisotopic (exact) mass is 260 g/mol. The number of oxime groups is 1. The number of aromatic nitrogens is 1. The minimum Gasteiger partial charge on any atom is -0.361 e. The summed E-state index contributed by atoms with van der Waals surface area (Å²) in [5.41, 5.74) is 1.94. The molecule has 0 atom stereocenters. The highest BCUT2D eigenvalue weighted by Crippen LogP contribution is 2.20. The Labute approximate surface area is 111 Å². The van der Waals surface area contributed by atoms with Gasteiger partial charge in [0.15, 0.2) is 0 Å². The number of nitrogens with zero attached hydrogens (tertiary/aromatic N) is 2. The van der Waals surface area contributed by atoms with Crippen LogP contribution in [0.25, 0.3) is 10.9 Å². The van der Waals surface area contributed by atoms with Crippen molar-refractivity contribution in [2.24, 2.45) is 5.16 Å². The van der Waals surface area contributed by atoms with Crippen LogP contribution in [-0.2, 0) is 21.1 Å². The van der Waals surface area contributed by atoms with E-state index in [-0.39, 0.29) is 0 Å². The molecule has 0 fully saturated rings. The molecule has 19 heavy (non-hydrogen) atoms. The summed E-state index contributed by atoms with van der Waals surface area (Å²) in [5.74, 6) is -0.436. The fourth-order valence-electron chi connectivity index (χ4n) is 1.83. The molecule has 5 nitrogen and oxygen atoms in total. The topological polar surface area (TPSA) is 52.8 Å². The van der Waals surface area contributed by atoms with Gasteiger partial charge >= 0.3 is 5.97 Å². The number of benzene rings is 1. The number of rotatable bonds is 5. The summed E-state index contributed by atoms with van der Waals surface area (Å²) in [6.45, 7) is 4.41. The minimum atomic E-state index is -0.436. The molecule has 0 aliphatic rings. The fraction of sp³-hybridized carbons (Fsp3) is 0.286. The van der Waals surface area contributed by atoms with Gasteiger partial charge in [-0.2, -0.15) is 0 Å². The molecule has 1 aromatic carbocycles. The molecular weight excluding hydrogens is 244 g/mol. The van der Waals surface area contributed by atoms with E-state index in [1.165, 1.54) is 13.1 Å². The number of carbonyl (C=O) groups is 1. The van der Waals surface area contributed by atoms with Crippen LogP contribution in [0.15, 0.2) is 35.6 Å². The van der Waals surface area contributed by atoms with Gasteiger partial charge in [0, 0.05) is 30.7 Å². The average Bonchev–Trinajstić information content (AvgIpc) is 2.75. The molecule has 100 valence electrons. The van der Waals surface area contributed by atoms with Crippen molar-refractivity contribution in [1.82, 2.24) is 4.57 Å². The van der Waals surface area contributed by atoms with Gasteiger partial charge in [0.25, 0.3) is 0 Å². The van der Waals surface area contributed by atoms with Crippen molar-refractivity contribution in [3.63, 3.8) is 0 Å². The van der Waals surface area contributed by atoms with Crippen molar-refractivity contribution in [2.75, 3.05) is 6.61 Å². The van der Waals surface area contributed by atoms with Crippen LogP contribution in [0.4, 0.5) is 0 Å². The van der Waals surface area contributed by atoms with Crippen molar-refractivity contribution in [3.8, 4) is 0 Å². The van der Waals surface area contributed by atoms with Crippen LogP contribution in [0, 0.1) is 0 Å². The maximum absolute atomic E-state index is 10.7. The van der Waals surface area contributed by atoms with Crippen LogP contribution in [0.5, 0.6) is 0 Å². The fourth-order valence-corrected chi connectivity index (χ4v) is 1.83. The third-order valence-electron chi connectivity index (χ3n) is 2.63. The van der Waals surface area contributed by atoms with Crippen molar-refractivity contribution in [2.45, 2.75) is 20.6 Å². The summed E-state index contributed by atoms with van der Waals surface area (Å²) >= 11 is 0. The van der Waals surface area contributed by atoms with Crippen LogP contribution in [0.3, 0.4) is 0 Å². The van der Waals surface area contributed by atoms with Crippen molar-refractivity contribution in [3.05, 3.63) is 36.0 Å². The van der Waals surface area contributed by atoms with Crippen molar-refractivity contribution in [1.29, 1.82) is 0 Å². The molecule has 0 amide bonds. The first-order chi connectivity index (χ1) is 9.22. The van der Waals surface area contributed by atoms with Crippen LogP contribution >= 0.6 is 0 Å². The van der Waals surface area contributed by atoms with Gasteiger partial charge in [-0.3, -0.25) is 0 Å². The quantitative estimate of drug-likeness (QED) is 0.471. The van der Waals surface area contributed by atoms with E-state index < -0.39 is 5.97 Å². The van der Waals surface area contributed by atoms with E-state index in [9.17, 15) is 4.79 Å². The summed E-state index contributed by atoms with van der Waals surface area (Å²) < 4.78 is 7.41. The highest BCUT2D eigenvalue weighted by Gasteiger charge is 2.06. The molecule has 0 N–H and O–H groups in total. The zero-order valence-electron chi connectivity index (χ0n) is 11.0. The maximum atomic E-state index is 10.7. The van der Waals surface area contributed by atoms with Gasteiger partial charge in [-0.15, -0.1) is 0 Å².